The average Bonchev–Trinajstić information content (AvgIpc) is 3.20. The summed E-state index contributed by atoms with van der Waals surface area (Å²) >= 11 is 0. The van der Waals surface area contributed by atoms with Gasteiger partial charge in [0.2, 0.25) is 0 Å². The van der Waals surface area contributed by atoms with E-state index >= 15 is 0 Å². The Morgan fingerprint density at radius 1 is 1.04 bits per heavy atom. The van der Waals surface area contributed by atoms with Crippen molar-refractivity contribution in [2.45, 2.75) is 44.4 Å². The van der Waals surface area contributed by atoms with Crippen LogP contribution in [0.15, 0.2) is 42.5 Å². The second-order valence-corrected chi connectivity index (χ2v) is 7.48. The summed E-state index contributed by atoms with van der Waals surface area (Å²) in [6, 6.07) is 9.77. The number of rotatable bonds is 3. The number of alkyl halides is 3. The molecule has 1 saturated heterocycles. The first-order chi connectivity index (χ1) is 13.2. The third kappa shape index (κ3) is 3.04. The highest BCUT2D eigenvalue weighted by Crippen LogP contribution is 2.34. The van der Waals surface area contributed by atoms with E-state index in [1.807, 2.05) is 18.2 Å². The average molecular weight is 388 g/mol. The van der Waals surface area contributed by atoms with Crippen molar-refractivity contribution in [1.82, 2.24) is 10.2 Å². The van der Waals surface area contributed by atoms with Crippen molar-refractivity contribution in [3.8, 4) is 0 Å². The molecule has 2 aliphatic rings. The molecule has 1 heterocycles. The van der Waals surface area contributed by atoms with Gasteiger partial charge in [-0.15, -0.1) is 0 Å². The predicted octanol–water partition coefficient (Wildman–Crippen LogP) is 4.16. The van der Waals surface area contributed by atoms with Crippen molar-refractivity contribution in [2.75, 3.05) is 0 Å². The van der Waals surface area contributed by atoms with E-state index in [4.69, 9.17) is 0 Å². The number of nitrogens with one attached hydrogen (secondary N) is 1. The van der Waals surface area contributed by atoms with Crippen molar-refractivity contribution in [2.24, 2.45) is 0 Å². The van der Waals surface area contributed by atoms with Gasteiger partial charge in [-0.25, -0.2) is 4.79 Å². The monoisotopic (exact) mass is 388 g/mol. The van der Waals surface area contributed by atoms with Gasteiger partial charge in [0.25, 0.3) is 5.91 Å². The second kappa shape index (κ2) is 6.36. The van der Waals surface area contributed by atoms with Gasteiger partial charge in [-0.3, -0.25) is 9.69 Å². The molecule has 1 N–H and O–H groups in total. The Hall–Kier alpha value is -2.83. The van der Waals surface area contributed by atoms with E-state index in [0.29, 0.717) is 5.56 Å². The van der Waals surface area contributed by atoms with Crippen LogP contribution in [-0.2, 0) is 35.9 Å². The van der Waals surface area contributed by atoms with Gasteiger partial charge in [-0.1, -0.05) is 30.3 Å². The Kier molecular flexibility index (Phi) is 4.21. The summed E-state index contributed by atoms with van der Waals surface area (Å²) in [6.45, 7) is 1.58. The highest BCUT2D eigenvalue weighted by atomic mass is 19.4. The zero-order valence-electron chi connectivity index (χ0n) is 15.3. The van der Waals surface area contributed by atoms with E-state index < -0.39 is 29.2 Å². The first-order valence-electron chi connectivity index (χ1n) is 9.11. The molecule has 146 valence electrons. The van der Waals surface area contributed by atoms with Gasteiger partial charge in [0.15, 0.2) is 0 Å². The molecule has 28 heavy (non-hydrogen) atoms. The van der Waals surface area contributed by atoms with Crippen LogP contribution < -0.4 is 5.32 Å². The van der Waals surface area contributed by atoms with Gasteiger partial charge < -0.3 is 5.32 Å². The van der Waals surface area contributed by atoms with E-state index in [9.17, 15) is 22.8 Å². The molecule has 0 radical (unpaired) electrons. The lowest BCUT2D eigenvalue weighted by atomic mass is 9.89. The number of nitrogens with zero attached hydrogens (tertiary/aromatic N) is 1. The molecule has 1 aliphatic heterocycles. The summed E-state index contributed by atoms with van der Waals surface area (Å²) in [5, 5.41) is 2.75. The van der Waals surface area contributed by atoms with Gasteiger partial charge >= 0.3 is 12.2 Å². The zero-order chi connectivity index (χ0) is 20.1. The number of carbonyl (C=O) groups is 2. The maximum Gasteiger partial charge on any atom is 0.416 e. The lowest BCUT2D eigenvalue weighted by molar-refractivity contribution is -0.137. The fourth-order valence-corrected chi connectivity index (χ4v) is 3.90. The zero-order valence-corrected chi connectivity index (χ0v) is 15.3. The van der Waals surface area contributed by atoms with E-state index in [2.05, 4.69) is 5.32 Å². The molecular weight excluding hydrogens is 369 g/mol. The van der Waals surface area contributed by atoms with Gasteiger partial charge in [-0.05, 0) is 60.6 Å². The summed E-state index contributed by atoms with van der Waals surface area (Å²) in [7, 11) is 0. The van der Waals surface area contributed by atoms with Crippen molar-refractivity contribution in [3.05, 3.63) is 70.3 Å². The second-order valence-electron chi connectivity index (χ2n) is 7.48. The normalized spacial score (nSPS) is 21.8. The van der Waals surface area contributed by atoms with Gasteiger partial charge in [0.05, 0.1) is 12.1 Å². The molecule has 0 spiro atoms. The van der Waals surface area contributed by atoms with Crippen LogP contribution in [0.3, 0.4) is 0 Å². The van der Waals surface area contributed by atoms with Crippen LogP contribution in [0.2, 0.25) is 0 Å². The molecule has 4 rings (SSSR count). The van der Waals surface area contributed by atoms with Crippen LogP contribution >= 0.6 is 0 Å². The van der Waals surface area contributed by atoms with E-state index in [0.717, 1.165) is 41.9 Å². The summed E-state index contributed by atoms with van der Waals surface area (Å²) in [4.78, 5) is 26.5. The molecule has 0 aromatic heterocycles. The summed E-state index contributed by atoms with van der Waals surface area (Å²) in [5.41, 5.74) is 1.70. The fourth-order valence-electron chi connectivity index (χ4n) is 3.90. The number of hydrogen-bond donors (Lipinski definition) is 1. The number of carbonyl (C=O) groups excluding carboxylic acids is 2. The number of benzene rings is 2. The minimum absolute atomic E-state index is 0.0800. The lowest BCUT2D eigenvalue weighted by Crippen LogP contribution is -2.40. The standard InChI is InChI=1S/C21H19F3N2O2/c1-20(17-10-7-14-3-2-4-15(14)11-17)18(27)26(19(28)25-20)12-13-5-8-16(9-6-13)21(22,23)24/h5-11H,2-4,12H2,1H3,(H,25,28). The molecule has 2 aromatic rings. The number of fused-ring (bicyclic) bond motifs is 1. The van der Waals surface area contributed by atoms with Crippen molar-refractivity contribution >= 4 is 11.9 Å². The van der Waals surface area contributed by atoms with Crippen LogP contribution in [0, 0.1) is 0 Å². The summed E-state index contributed by atoms with van der Waals surface area (Å²) in [5.74, 6) is -0.407. The molecule has 2 aromatic carbocycles. The molecule has 1 unspecified atom stereocenters. The molecule has 7 heteroatoms. The highest BCUT2D eigenvalue weighted by molar-refractivity contribution is 6.07. The molecule has 1 fully saturated rings. The van der Waals surface area contributed by atoms with Gasteiger partial charge in [-0.2, -0.15) is 13.2 Å². The molecule has 4 nitrogen and oxygen atoms in total. The third-order valence-corrected chi connectivity index (χ3v) is 5.57. The van der Waals surface area contributed by atoms with E-state index in [1.165, 1.54) is 23.3 Å². The van der Waals surface area contributed by atoms with Gasteiger partial charge in [0, 0.05) is 0 Å². The summed E-state index contributed by atoms with van der Waals surface area (Å²) < 4.78 is 38.1. The number of amides is 3. The Balaban J connectivity index is 1.57. The van der Waals surface area contributed by atoms with Crippen LogP contribution in [0.5, 0.6) is 0 Å². The number of urea groups is 1. The maximum atomic E-state index is 13.0. The van der Waals surface area contributed by atoms with Crippen LogP contribution in [0.1, 0.15) is 41.2 Å². The van der Waals surface area contributed by atoms with Crippen LogP contribution in [0.25, 0.3) is 0 Å². The molecule has 1 aliphatic carbocycles. The number of imide groups is 1. The van der Waals surface area contributed by atoms with Gasteiger partial charge in [0.1, 0.15) is 5.54 Å². The van der Waals surface area contributed by atoms with Crippen LogP contribution in [-0.4, -0.2) is 16.8 Å². The Morgan fingerprint density at radius 3 is 2.39 bits per heavy atom. The van der Waals surface area contributed by atoms with E-state index in [-0.39, 0.29) is 6.54 Å². The topological polar surface area (TPSA) is 49.4 Å². The largest absolute Gasteiger partial charge is 0.416 e. The Morgan fingerprint density at radius 2 is 1.71 bits per heavy atom. The molecule has 0 bridgehead atoms. The van der Waals surface area contributed by atoms with Crippen molar-refractivity contribution in [3.63, 3.8) is 0 Å². The number of aryl methyl sites for hydroxylation is 2. The minimum atomic E-state index is -4.43. The molecular formula is C21H19F3N2O2. The minimum Gasteiger partial charge on any atom is -0.319 e. The first kappa shape index (κ1) is 18.5. The SMILES string of the molecule is CC1(c2ccc3c(c2)CCC3)NC(=O)N(Cc2ccc(C(F)(F)F)cc2)C1=O. The quantitative estimate of drug-likeness (QED) is 0.803. The molecule has 0 saturated carbocycles. The van der Waals surface area contributed by atoms with Crippen LogP contribution in [0.4, 0.5) is 18.0 Å². The summed E-state index contributed by atoms with van der Waals surface area (Å²) in [6.07, 6.45) is -1.37. The maximum absolute atomic E-state index is 13.0. The smallest absolute Gasteiger partial charge is 0.319 e. The fraction of sp³-hybridized carbons (Fsp3) is 0.333. The highest BCUT2D eigenvalue weighted by Gasteiger charge is 2.49. The lowest BCUT2D eigenvalue weighted by Gasteiger charge is -2.23. The van der Waals surface area contributed by atoms with Crippen molar-refractivity contribution in [1.29, 1.82) is 0 Å². The van der Waals surface area contributed by atoms with Crippen molar-refractivity contribution < 1.29 is 22.8 Å². The first-order valence-corrected chi connectivity index (χ1v) is 9.11. The molecule has 1 atom stereocenters. The Bertz CT molecular complexity index is 953. The van der Waals surface area contributed by atoms with E-state index in [1.54, 1.807) is 6.92 Å². The third-order valence-electron chi connectivity index (χ3n) is 5.57. The Labute approximate surface area is 160 Å². The number of halogens is 3. The number of hydrogen-bond acceptors (Lipinski definition) is 2. The predicted molar refractivity (Wildman–Crippen MR) is 96.3 cm³/mol. The molecule has 3 amide bonds.